The molecule has 0 spiro atoms. The smallest absolute Gasteiger partial charge is 0.337 e. The Morgan fingerprint density at radius 2 is 1.90 bits per heavy atom. The summed E-state index contributed by atoms with van der Waals surface area (Å²) in [4.78, 5) is 23.2. The molecule has 4 N–H and O–H groups in total. The van der Waals surface area contributed by atoms with Crippen molar-refractivity contribution in [3.05, 3.63) is 58.1 Å². The molecule has 2 aromatic rings. The third kappa shape index (κ3) is 3.16. The molecule has 102 valence electrons. The Kier molecular flexibility index (Phi) is 4.05. The molecule has 20 heavy (non-hydrogen) atoms. The Bertz CT molecular complexity index is 686. The first kappa shape index (κ1) is 14.1. The molecular formula is C14H11BrN2O3. The number of nitrogens with two attached hydrogens (primary N) is 1. The largest absolute Gasteiger partial charge is 0.478 e. The second kappa shape index (κ2) is 5.75. The van der Waals surface area contributed by atoms with Gasteiger partial charge in [-0.1, -0.05) is 22.0 Å². The number of nitrogen functional groups attached to an aromatic ring is 1. The zero-order valence-corrected chi connectivity index (χ0v) is 11.8. The van der Waals surface area contributed by atoms with Crippen molar-refractivity contribution < 1.29 is 14.7 Å². The molecule has 0 aliphatic heterocycles. The predicted molar refractivity (Wildman–Crippen MR) is 79.9 cm³/mol. The number of anilines is 2. The van der Waals surface area contributed by atoms with E-state index < -0.39 is 11.9 Å². The molecule has 0 aliphatic rings. The summed E-state index contributed by atoms with van der Waals surface area (Å²) in [5.41, 5.74) is 6.68. The quantitative estimate of drug-likeness (QED) is 0.752. The third-order valence-corrected chi connectivity index (χ3v) is 3.10. The molecule has 0 aromatic heterocycles. The molecule has 0 atom stereocenters. The van der Waals surface area contributed by atoms with Crippen LogP contribution in [0.4, 0.5) is 11.4 Å². The lowest BCUT2D eigenvalue weighted by Crippen LogP contribution is -2.15. The van der Waals surface area contributed by atoms with Crippen molar-refractivity contribution in [2.45, 2.75) is 0 Å². The molecule has 6 heteroatoms. The summed E-state index contributed by atoms with van der Waals surface area (Å²) >= 11 is 3.24. The minimum Gasteiger partial charge on any atom is -0.478 e. The first-order chi connectivity index (χ1) is 9.47. The fourth-order valence-corrected chi connectivity index (χ4v) is 2.04. The van der Waals surface area contributed by atoms with Crippen LogP contribution in [-0.2, 0) is 0 Å². The topological polar surface area (TPSA) is 92.4 Å². The molecule has 5 nitrogen and oxygen atoms in total. The number of aromatic carboxylic acids is 1. The minimum atomic E-state index is -1.11. The van der Waals surface area contributed by atoms with Crippen molar-refractivity contribution in [3.63, 3.8) is 0 Å². The van der Waals surface area contributed by atoms with E-state index in [1.165, 1.54) is 18.2 Å². The first-order valence-electron chi connectivity index (χ1n) is 5.67. The highest BCUT2D eigenvalue weighted by molar-refractivity contribution is 9.10. The van der Waals surface area contributed by atoms with E-state index >= 15 is 0 Å². The Hall–Kier alpha value is -2.34. The highest BCUT2D eigenvalue weighted by Crippen LogP contribution is 2.22. The molecule has 1 amide bonds. The molecule has 0 saturated heterocycles. The number of carboxylic acids is 1. The summed E-state index contributed by atoms with van der Waals surface area (Å²) in [5.74, 6) is -1.53. The van der Waals surface area contributed by atoms with Crippen LogP contribution in [-0.4, -0.2) is 17.0 Å². The predicted octanol–water partition coefficient (Wildman–Crippen LogP) is 2.98. The molecule has 2 aromatic carbocycles. The zero-order valence-electron chi connectivity index (χ0n) is 10.3. The van der Waals surface area contributed by atoms with E-state index in [1.807, 2.05) is 0 Å². The number of carbonyl (C=O) groups excluding carboxylic acids is 1. The van der Waals surface area contributed by atoms with Gasteiger partial charge in [-0.3, -0.25) is 4.79 Å². The fraction of sp³-hybridized carbons (Fsp3) is 0. The van der Waals surface area contributed by atoms with E-state index in [0.717, 1.165) is 0 Å². The van der Waals surface area contributed by atoms with Gasteiger partial charge in [0.15, 0.2) is 0 Å². The molecule has 0 radical (unpaired) electrons. The Balaban J connectivity index is 2.32. The number of benzene rings is 2. The average Bonchev–Trinajstić information content (AvgIpc) is 2.38. The standard InChI is InChI=1S/C14H11BrN2O3/c15-9-4-5-11(14(19)20)12(7-9)17-13(18)8-2-1-3-10(16)6-8/h1-7H,16H2,(H,17,18)(H,19,20). The van der Waals surface area contributed by atoms with Crippen molar-refractivity contribution in [1.29, 1.82) is 0 Å². The van der Waals surface area contributed by atoms with Gasteiger partial charge in [0, 0.05) is 15.7 Å². The summed E-state index contributed by atoms with van der Waals surface area (Å²) in [7, 11) is 0. The van der Waals surface area contributed by atoms with Gasteiger partial charge in [-0.15, -0.1) is 0 Å². The van der Waals surface area contributed by atoms with Crippen LogP contribution in [0.1, 0.15) is 20.7 Å². The summed E-state index contributed by atoms with van der Waals surface area (Å²) < 4.78 is 0.672. The molecule has 0 saturated carbocycles. The Morgan fingerprint density at radius 1 is 1.15 bits per heavy atom. The van der Waals surface area contributed by atoms with Gasteiger partial charge >= 0.3 is 5.97 Å². The maximum Gasteiger partial charge on any atom is 0.337 e. The number of carboxylic acid groups (broad SMARTS) is 1. The molecule has 2 rings (SSSR count). The Labute approximate surface area is 123 Å². The number of hydrogen-bond acceptors (Lipinski definition) is 3. The zero-order chi connectivity index (χ0) is 14.7. The summed E-state index contributed by atoms with van der Waals surface area (Å²) in [6.45, 7) is 0. The number of halogens is 1. The van der Waals surface area contributed by atoms with Gasteiger partial charge in [-0.25, -0.2) is 4.79 Å². The van der Waals surface area contributed by atoms with Crippen LogP contribution in [0, 0.1) is 0 Å². The lowest BCUT2D eigenvalue weighted by atomic mass is 10.1. The second-order valence-electron chi connectivity index (χ2n) is 4.07. The summed E-state index contributed by atoms with van der Waals surface area (Å²) in [6.07, 6.45) is 0. The van der Waals surface area contributed by atoms with Crippen LogP contribution in [0.5, 0.6) is 0 Å². The number of amides is 1. The maximum absolute atomic E-state index is 12.1. The third-order valence-electron chi connectivity index (χ3n) is 2.61. The summed E-state index contributed by atoms with van der Waals surface area (Å²) in [6, 6.07) is 11.0. The number of rotatable bonds is 3. The molecule has 0 unspecified atom stereocenters. The van der Waals surface area contributed by atoms with E-state index in [-0.39, 0.29) is 11.3 Å². The van der Waals surface area contributed by atoms with E-state index in [1.54, 1.807) is 24.3 Å². The van der Waals surface area contributed by atoms with E-state index in [9.17, 15) is 9.59 Å². The highest BCUT2D eigenvalue weighted by atomic mass is 79.9. The number of nitrogens with one attached hydrogen (secondary N) is 1. The molecular weight excluding hydrogens is 324 g/mol. The van der Waals surface area contributed by atoms with Gasteiger partial charge in [0.1, 0.15) is 0 Å². The van der Waals surface area contributed by atoms with Gasteiger partial charge in [-0.2, -0.15) is 0 Å². The average molecular weight is 335 g/mol. The van der Waals surface area contributed by atoms with Crippen LogP contribution in [0.2, 0.25) is 0 Å². The van der Waals surface area contributed by atoms with Crippen molar-refractivity contribution in [1.82, 2.24) is 0 Å². The van der Waals surface area contributed by atoms with Gasteiger partial charge in [-0.05, 0) is 36.4 Å². The second-order valence-corrected chi connectivity index (χ2v) is 4.99. The summed E-state index contributed by atoms with van der Waals surface area (Å²) in [5, 5.41) is 11.7. The fourth-order valence-electron chi connectivity index (χ4n) is 1.68. The van der Waals surface area contributed by atoms with Crippen molar-refractivity contribution >= 4 is 39.2 Å². The van der Waals surface area contributed by atoms with E-state index in [0.29, 0.717) is 15.7 Å². The number of carbonyl (C=O) groups is 2. The maximum atomic E-state index is 12.1. The van der Waals surface area contributed by atoms with Crippen molar-refractivity contribution in [3.8, 4) is 0 Å². The van der Waals surface area contributed by atoms with Crippen LogP contribution in [0.15, 0.2) is 46.9 Å². The van der Waals surface area contributed by atoms with E-state index in [4.69, 9.17) is 10.8 Å². The van der Waals surface area contributed by atoms with Gasteiger partial charge in [0.25, 0.3) is 5.91 Å². The van der Waals surface area contributed by atoms with Crippen LogP contribution in [0.25, 0.3) is 0 Å². The van der Waals surface area contributed by atoms with Crippen molar-refractivity contribution in [2.75, 3.05) is 11.1 Å². The van der Waals surface area contributed by atoms with E-state index in [2.05, 4.69) is 21.2 Å². The highest BCUT2D eigenvalue weighted by Gasteiger charge is 2.14. The normalized spacial score (nSPS) is 10.1. The Morgan fingerprint density at radius 3 is 2.55 bits per heavy atom. The molecule has 0 fully saturated rings. The van der Waals surface area contributed by atoms with Gasteiger partial charge in [0.05, 0.1) is 11.3 Å². The number of hydrogen-bond donors (Lipinski definition) is 3. The van der Waals surface area contributed by atoms with Crippen molar-refractivity contribution in [2.24, 2.45) is 0 Å². The SMILES string of the molecule is Nc1cccc(C(=O)Nc2cc(Br)ccc2C(=O)O)c1. The molecule has 0 bridgehead atoms. The van der Waals surface area contributed by atoms with Crippen LogP contribution in [0.3, 0.4) is 0 Å². The van der Waals surface area contributed by atoms with Crippen LogP contribution < -0.4 is 11.1 Å². The monoisotopic (exact) mass is 334 g/mol. The molecule has 0 heterocycles. The van der Waals surface area contributed by atoms with Gasteiger partial charge in [0.2, 0.25) is 0 Å². The molecule has 0 aliphatic carbocycles. The minimum absolute atomic E-state index is 0.0189. The lowest BCUT2D eigenvalue weighted by molar-refractivity contribution is 0.0698. The first-order valence-corrected chi connectivity index (χ1v) is 6.46. The van der Waals surface area contributed by atoms with Gasteiger partial charge < -0.3 is 16.2 Å². The lowest BCUT2D eigenvalue weighted by Gasteiger charge is -2.09. The van der Waals surface area contributed by atoms with Crippen LogP contribution >= 0.6 is 15.9 Å².